The van der Waals surface area contributed by atoms with Crippen molar-refractivity contribution in [2.24, 2.45) is 0 Å². The Hall–Kier alpha value is -1.43. The molecule has 1 atom stereocenters. The molecule has 2 rings (SSSR count). The van der Waals surface area contributed by atoms with Crippen molar-refractivity contribution in [1.29, 1.82) is 0 Å². The van der Waals surface area contributed by atoms with Crippen molar-refractivity contribution < 1.29 is 22.7 Å². The summed E-state index contributed by atoms with van der Waals surface area (Å²) in [5, 5.41) is 2.29. The number of halogens is 4. The first-order chi connectivity index (χ1) is 7.88. The monoisotopic (exact) mass is 265 g/mol. The average molecular weight is 266 g/mol. The lowest BCUT2D eigenvalue weighted by molar-refractivity contribution is -0.138. The van der Waals surface area contributed by atoms with Crippen molar-refractivity contribution in [3.63, 3.8) is 0 Å². The first-order valence-corrected chi connectivity index (χ1v) is 5.05. The number of hydrogen-bond donors (Lipinski definition) is 1. The average Bonchev–Trinajstić information content (AvgIpc) is 2.63. The van der Waals surface area contributed by atoms with Gasteiger partial charge in [-0.05, 0) is 17.7 Å². The molecule has 1 aliphatic heterocycles. The lowest BCUT2D eigenvalue weighted by Crippen LogP contribution is -2.22. The van der Waals surface area contributed by atoms with E-state index in [1.54, 1.807) is 0 Å². The molecule has 92 valence electrons. The number of carbonyl (C=O) groups excluding carboxylic acids is 1. The van der Waals surface area contributed by atoms with Gasteiger partial charge in [-0.3, -0.25) is 0 Å². The molecular weight excluding hydrogens is 259 g/mol. The summed E-state index contributed by atoms with van der Waals surface area (Å²) in [5.41, 5.74) is -0.909. The summed E-state index contributed by atoms with van der Waals surface area (Å²) in [4.78, 5) is 10.8. The maximum atomic E-state index is 12.8. The Balaban J connectivity index is 2.43. The fourth-order valence-electron chi connectivity index (χ4n) is 1.63. The van der Waals surface area contributed by atoms with Crippen LogP contribution in [-0.4, -0.2) is 12.7 Å². The normalized spacial score (nSPS) is 20.0. The maximum absolute atomic E-state index is 12.8. The highest BCUT2D eigenvalue weighted by molar-refractivity contribution is 6.30. The third-order valence-corrected chi connectivity index (χ3v) is 2.60. The van der Waals surface area contributed by atoms with E-state index in [0.29, 0.717) is 0 Å². The number of hydrogen-bond acceptors (Lipinski definition) is 2. The number of alkyl halides is 3. The Bertz CT molecular complexity index is 461. The van der Waals surface area contributed by atoms with Crippen LogP contribution in [0, 0.1) is 0 Å². The van der Waals surface area contributed by atoms with E-state index < -0.39 is 23.9 Å². The van der Waals surface area contributed by atoms with E-state index in [9.17, 15) is 18.0 Å². The van der Waals surface area contributed by atoms with Crippen LogP contribution in [0.5, 0.6) is 0 Å². The third-order valence-electron chi connectivity index (χ3n) is 2.37. The smallest absolute Gasteiger partial charge is 0.416 e. The molecule has 0 spiro atoms. The number of ether oxygens (including phenoxy) is 1. The van der Waals surface area contributed by atoms with Crippen LogP contribution in [0.2, 0.25) is 5.02 Å². The minimum absolute atomic E-state index is 0.00804. The molecule has 3 nitrogen and oxygen atoms in total. The minimum atomic E-state index is -4.52. The highest BCUT2D eigenvalue weighted by atomic mass is 35.5. The zero-order valence-corrected chi connectivity index (χ0v) is 9.10. The number of nitrogens with one attached hydrogen (secondary N) is 1. The number of amides is 1. The van der Waals surface area contributed by atoms with Crippen LogP contribution in [0.3, 0.4) is 0 Å². The Kier molecular flexibility index (Phi) is 2.91. The van der Waals surface area contributed by atoms with Gasteiger partial charge in [0.25, 0.3) is 0 Å². The molecule has 1 aromatic carbocycles. The molecule has 0 aromatic heterocycles. The Morgan fingerprint density at radius 2 is 2.12 bits per heavy atom. The van der Waals surface area contributed by atoms with Crippen molar-refractivity contribution in [1.82, 2.24) is 5.32 Å². The second kappa shape index (κ2) is 4.10. The van der Waals surface area contributed by atoms with E-state index in [2.05, 4.69) is 10.1 Å². The van der Waals surface area contributed by atoms with Crippen LogP contribution in [0.1, 0.15) is 17.2 Å². The van der Waals surface area contributed by atoms with Crippen LogP contribution in [0.4, 0.5) is 18.0 Å². The number of alkyl carbamates (subject to hydrolysis) is 1. The fourth-order valence-corrected chi connectivity index (χ4v) is 1.80. The summed E-state index contributed by atoms with van der Waals surface area (Å²) in [6.07, 6.45) is -5.24. The molecule has 1 amide bonds. The summed E-state index contributed by atoms with van der Waals surface area (Å²) in [6, 6.07) is 2.62. The summed E-state index contributed by atoms with van der Waals surface area (Å²) in [7, 11) is 0. The molecule has 1 saturated heterocycles. The van der Waals surface area contributed by atoms with Gasteiger partial charge in [-0.1, -0.05) is 17.7 Å². The topological polar surface area (TPSA) is 38.3 Å². The summed E-state index contributed by atoms with van der Waals surface area (Å²) in [5.74, 6) is 0. The predicted octanol–water partition coefficient (Wildman–Crippen LogP) is 3.14. The van der Waals surface area contributed by atoms with Crippen LogP contribution < -0.4 is 5.32 Å². The molecule has 0 saturated carbocycles. The van der Waals surface area contributed by atoms with Crippen molar-refractivity contribution in [2.75, 3.05) is 6.61 Å². The van der Waals surface area contributed by atoms with Gasteiger partial charge in [0.2, 0.25) is 0 Å². The van der Waals surface area contributed by atoms with E-state index in [0.717, 1.165) is 6.07 Å². The molecule has 1 heterocycles. The van der Waals surface area contributed by atoms with Crippen molar-refractivity contribution in [3.8, 4) is 0 Å². The van der Waals surface area contributed by atoms with E-state index in [4.69, 9.17) is 11.6 Å². The number of rotatable bonds is 1. The quantitative estimate of drug-likeness (QED) is 0.847. The molecule has 1 N–H and O–H groups in total. The maximum Gasteiger partial charge on any atom is 0.416 e. The van der Waals surface area contributed by atoms with Gasteiger partial charge in [0, 0.05) is 5.02 Å². The molecule has 0 aliphatic carbocycles. The first-order valence-electron chi connectivity index (χ1n) is 4.68. The molecule has 0 bridgehead atoms. The van der Waals surface area contributed by atoms with Crippen LogP contribution >= 0.6 is 11.6 Å². The molecular formula is C10H7ClF3NO2. The van der Waals surface area contributed by atoms with Gasteiger partial charge in [-0.2, -0.15) is 13.2 Å². The second-order valence-corrected chi connectivity index (χ2v) is 3.96. The molecule has 1 fully saturated rings. The minimum Gasteiger partial charge on any atom is -0.447 e. The highest BCUT2D eigenvalue weighted by Gasteiger charge is 2.37. The van der Waals surface area contributed by atoms with Crippen LogP contribution in [0.25, 0.3) is 0 Å². The molecule has 1 aromatic rings. The fraction of sp³-hybridized carbons (Fsp3) is 0.300. The largest absolute Gasteiger partial charge is 0.447 e. The zero-order valence-electron chi connectivity index (χ0n) is 8.34. The lowest BCUT2D eigenvalue weighted by Gasteiger charge is -2.16. The Morgan fingerprint density at radius 1 is 1.41 bits per heavy atom. The van der Waals surface area contributed by atoms with E-state index in [-0.39, 0.29) is 17.2 Å². The van der Waals surface area contributed by atoms with Gasteiger partial charge in [0.1, 0.15) is 6.61 Å². The highest BCUT2D eigenvalue weighted by Crippen LogP contribution is 2.37. The Labute approximate surface area is 99.5 Å². The standard InChI is InChI=1S/C10H7ClF3NO2/c11-5-1-2-6(7(3-5)10(12,13)14)8-4-17-9(16)15-8/h1-3,8H,4H2,(H,15,16)/t8-/m0/s1. The molecule has 17 heavy (non-hydrogen) atoms. The molecule has 7 heteroatoms. The molecule has 0 unspecified atom stereocenters. The van der Waals surface area contributed by atoms with Crippen molar-refractivity contribution in [3.05, 3.63) is 34.3 Å². The van der Waals surface area contributed by atoms with Gasteiger partial charge in [0.05, 0.1) is 11.6 Å². The van der Waals surface area contributed by atoms with E-state index in [1.807, 2.05) is 0 Å². The zero-order chi connectivity index (χ0) is 12.6. The first kappa shape index (κ1) is 12.0. The summed E-state index contributed by atoms with van der Waals surface area (Å²) < 4.78 is 42.9. The third kappa shape index (κ3) is 2.46. The van der Waals surface area contributed by atoms with Crippen molar-refractivity contribution >= 4 is 17.7 Å². The number of benzene rings is 1. The molecule has 0 radical (unpaired) electrons. The summed E-state index contributed by atoms with van der Waals surface area (Å²) >= 11 is 5.54. The second-order valence-electron chi connectivity index (χ2n) is 3.52. The van der Waals surface area contributed by atoms with Gasteiger partial charge >= 0.3 is 12.3 Å². The molecule has 1 aliphatic rings. The predicted molar refractivity (Wildman–Crippen MR) is 53.7 cm³/mol. The van der Waals surface area contributed by atoms with Gasteiger partial charge in [-0.15, -0.1) is 0 Å². The van der Waals surface area contributed by atoms with Gasteiger partial charge < -0.3 is 10.1 Å². The number of cyclic esters (lactones) is 1. The lowest BCUT2D eigenvalue weighted by atomic mass is 10.0. The van der Waals surface area contributed by atoms with Crippen molar-refractivity contribution in [2.45, 2.75) is 12.2 Å². The Morgan fingerprint density at radius 3 is 2.65 bits per heavy atom. The summed E-state index contributed by atoms with van der Waals surface area (Å²) in [6.45, 7) is -0.121. The number of carbonyl (C=O) groups is 1. The van der Waals surface area contributed by atoms with E-state index >= 15 is 0 Å². The van der Waals surface area contributed by atoms with Crippen LogP contribution in [-0.2, 0) is 10.9 Å². The van der Waals surface area contributed by atoms with Gasteiger partial charge in [-0.25, -0.2) is 4.79 Å². The van der Waals surface area contributed by atoms with E-state index in [1.165, 1.54) is 12.1 Å². The SMILES string of the molecule is O=C1N[C@H](c2ccc(Cl)cc2C(F)(F)F)CO1. The van der Waals surface area contributed by atoms with Gasteiger partial charge in [0.15, 0.2) is 0 Å². The van der Waals surface area contributed by atoms with Crippen LogP contribution in [0.15, 0.2) is 18.2 Å².